The molecule has 0 aromatic carbocycles. The summed E-state index contributed by atoms with van der Waals surface area (Å²) in [5.41, 5.74) is 10.9. The topological polar surface area (TPSA) is 396 Å². The molecule has 1 rings (SSSR count). The molecule has 1 saturated heterocycles. The third kappa shape index (κ3) is 17.7. The second-order valence-corrected chi connectivity index (χ2v) is 16.2. The molecular formula is C40H67N9O15. The first kappa shape index (κ1) is 56.1. The summed E-state index contributed by atoms with van der Waals surface area (Å²) < 4.78 is 0. The minimum Gasteiger partial charge on any atom is -0.481 e. The highest BCUT2D eigenvalue weighted by Gasteiger charge is 2.40. The Morgan fingerprint density at radius 2 is 1.02 bits per heavy atom. The first-order valence-electron chi connectivity index (χ1n) is 21.4. The summed E-state index contributed by atoms with van der Waals surface area (Å²) >= 11 is 0. The van der Waals surface area contributed by atoms with Crippen molar-refractivity contribution in [2.24, 2.45) is 29.2 Å². The van der Waals surface area contributed by atoms with Crippen LogP contribution in [-0.2, 0) is 52.7 Å². The molecule has 11 atom stereocenters. The predicted octanol–water partition coefficient (Wildman–Crippen LogP) is -2.97. The molecule has 1 aliphatic rings. The maximum absolute atomic E-state index is 13.9. The molecule has 64 heavy (non-hydrogen) atoms. The number of carboxylic acid groups (broad SMARTS) is 3. The maximum Gasteiger partial charge on any atom is 0.326 e. The van der Waals surface area contributed by atoms with Crippen LogP contribution in [0.3, 0.4) is 0 Å². The van der Waals surface area contributed by atoms with E-state index in [1.165, 1.54) is 0 Å². The van der Waals surface area contributed by atoms with Crippen LogP contribution in [0.25, 0.3) is 0 Å². The number of likely N-dealkylation sites (tertiary alicyclic amines) is 1. The van der Waals surface area contributed by atoms with Gasteiger partial charge in [0.1, 0.15) is 48.3 Å². The molecule has 362 valence electrons. The number of aliphatic hydroxyl groups is 1. The molecule has 0 saturated carbocycles. The average molecular weight is 914 g/mol. The number of nitrogens with two attached hydrogens (primary N) is 2. The summed E-state index contributed by atoms with van der Waals surface area (Å²) in [6.07, 6.45) is -1.45. The van der Waals surface area contributed by atoms with Gasteiger partial charge in [0.05, 0.1) is 13.0 Å². The molecule has 14 N–H and O–H groups in total. The van der Waals surface area contributed by atoms with Gasteiger partial charge in [0, 0.05) is 19.4 Å². The van der Waals surface area contributed by atoms with Crippen LogP contribution in [-0.4, -0.2) is 152 Å². The van der Waals surface area contributed by atoms with Gasteiger partial charge >= 0.3 is 17.9 Å². The van der Waals surface area contributed by atoms with Crippen LogP contribution < -0.4 is 43.4 Å². The zero-order valence-electron chi connectivity index (χ0n) is 37.2. The van der Waals surface area contributed by atoms with Gasteiger partial charge in [-0.15, -0.1) is 0 Å². The third-order valence-electron chi connectivity index (χ3n) is 11.3. The van der Waals surface area contributed by atoms with E-state index in [0.29, 0.717) is 12.8 Å². The van der Waals surface area contributed by atoms with Gasteiger partial charge in [-0.3, -0.25) is 47.9 Å². The molecule has 0 aromatic rings. The minimum absolute atomic E-state index is 0.0398. The van der Waals surface area contributed by atoms with Gasteiger partial charge < -0.3 is 68.7 Å². The van der Waals surface area contributed by atoms with E-state index >= 15 is 0 Å². The molecule has 0 aliphatic carbocycles. The Kier molecular flexibility index (Phi) is 23.9. The van der Waals surface area contributed by atoms with Gasteiger partial charge in [-0.05, 0) is 43.4 Å². The number of aliphatic hydroxyl groups excluding tert-OH is 1. The monoisotopic (exact) mass is 913 g/mol. The Bertz CT molecular complexity index is 1700. The number of rotatable bonds is 29. The average Bonchev–Trinajstić information content (AvgIpc) is 3.75. The Morgan fingerprint density at radius 3 is 1.42 bits per heavy atom. The smallest absolute Gasteiger partial charge is 0.326 e. The number of carboxylic acids is 3. The van der Waals surface area contributed by atoms with E-state index in [9.17, 15) is 73.2 Å². The van der Waals surface area contributed by atoms with E-state index in [2.05, 4.69) is 31.9 Å². The summed E-state index contributed by atoms with van der Waals surface area (Å²) in [6, 6.07) is -11.7. The van der Waals surface area contributed by atoms with E-state index in [1.54, 1.807) is 41.5 Å². The Labute approximate surface area is 371 Å². The number of hydrogen-bond acceptors (Lipinski definition) is 13. The summed E-state index contributed by atoms with van der Waals surface area (Å²) in [4.78, 5) is 143. The van der Waals surface area contributed by atoms with E-state index in [4.69, 9.17) is 11.5 Å². The van der Waals surface area contributed by atoms with Crippen molar-refractivity contribution in [2.75, 3.05) is 13.2 Å². The fraction of sp³-hybridized carbons (Fsp3) is 0.725. The van der Waals surface area contributed by atoms with Crippen LogP contribution in [0.1, 0.15) is 106 Å². The van der Waals surface area contributed by atoms with E-state index in [-0.39, 0.29) is 32.2 Å². The highest BCUT2D eigenvalue weighted by molar-refractivity contribution is 5.99. The number of nitrogens with one attached hydrogen (secondary N) is 6. The van der Waals surface area contributed by atoms with Crippen LogP contribution in [0.2, 0.25) is 0 Å². The quantitative estimate of drug-likeness (QED) is 0.0357. The molecule has 24 nitrogen and oxygen atoms in total. The third-order valence-corrected chi connectivity index (χ3v) is 11.3. The summed E-state index contributed by atoms with van der Waals surface area (Å²) in [5.74, 6) is -13.6. The Morgan fingerprint density at radius 1 is 0.594 bits per heavy atom. The van der Waals surface area contributed by atoms with Crippen molar-refractivity contribution in [3.8, 4) is 0 Å². The fourth-order valence-electron chi connectivity index (χ4n) is 6.69. The van der Waals surface area contributed by atoms with Gasteiger partial charge in [-0.25, -0.2) is 4.79 Å². The van der Waals surface area contributed by atoms with Crippen molar-refractivity contribution < 1.29 is 73.2 Å². The Hall–Kier alpha value is -5.91. The lowest BCUT2D eigenvalue weighted by atomic mass is 9.95. The van der Waals surface area contributed by atoms with Crippen LogP contribution in [0, 0.1) is 17.8 Å². The van der Waals surface area contributed by atoms with Crippen LogP contribution in [0.5, 0.6) is 0 Å². The molecule has 0 radical (unpaired) electrons. The largest absolute Gasteiger partial charge is 0.481 e. The van der Waals surface area contributed by atoms with Crippen molar-refractivity contribution >= 4 is 65.2 Å². The highest BCUT2D eigenvalue weighted by Crippen LogP contribution is 2.20. The second-order valence-electron chi connectivity index (χ2n) is 16.2. The standard InChI is InChI=1S/C40H67N9O15/c1-7-19(4)30(46-33(56)22(41)18-50)36(59)43-23(12-14-27(42)51)34(57)47-32(21(6)9-3)38(61)45-25(17-29(54)55)35(58)48-31(20(5)8-2)37(60)44-24(13-15-28(52)53)39(62)49-16-10-11-26(49)40(63)64/h19-26,30-32,50H,7-18,41H2,1-6H3,(H2,42,51)(H,43,59)(H,44,60)(H,45,61)(H,46,56)(H,47,57)(H,48,58)(H,52,53)(H,54,55)(H,63,64)/t19-,20-,21-,22-,23-,24-,25-,26-,30-,31-,32-/m0/s1. The lowest BCUT2D eigenvalue weighted by Crippen LogP contribution is -2.62. The van der Waals surface area contributed by atoms with Crippen LogP contribution >= 0.6 is 0 Å². The maximum atomic E-state index is 13.9. The van der Waals surface area contributed by atoms with Gasteiger partial charge in [0.25, 0.3) is 0 Å². The first-order chi connectivity index (χ1) is 29.9. The normalized spacial score (nSPS) is 18.2. The lowest BCUT2D eigenvalue weighted by molar-refractivity contribution is -0.150. The summed E-state index contributed by atoms with van der Waals surface area (Å²) in [7, 11) is 0. The summed E-state index contributed by atoms with van der Waals surface area (Å²) in [6.45, 7) is 9.11. The Balaban J connectivity index is 3.46. The number of amides is 8. The first-order valence-corrected chi connectivity index (χ1v) is 21.4. The molecule has 8 amide bonds. The van der Waals surface area contributed by atoms with Gasteiger partial charge in [-0.2, -0.15) is 0 Å². The second kappa shape index (κ2) is 27.3. The van der Waals surface area contributed by atoms with Crippen molar-refractivity contribution in [3.05, 3.63) is 0 Å². The molecule has 0 spiro atoms. The SMILES string of the molecule is CC[C@H](C)[C@H](NC(=O)[C@H](CCC(N)=O)NC(=O)[C@@H](NC(=O)[C@@H](N)CO)[C@@H](C)CC)C(=O)N[C@@H](CC(=O)O)C(=O)N[C@H](C(=O)N[C@@H](CCC(=O)O)C(=O)N1CCC[C@H]1C(=O)O)[C@@H](C)CC. The number of nitrogens with zero attached hydrogens (tertiary/aromatic N) is 1. The van der Waals surface area contributed by atoms with Crippen molar-refractivity contribution in [2.45, 2.75) is 154 Å². The molecule has 1 fully saturated rings. The minimum atomic E-state index is -1.87. The van der Waals surface area contributed by atoms with Crippen molar-refractivity contribution in [1.82, 2.24) is 36.8 Å². The molecule has 1 aliphatic heterocycles. The number of carbonyl (C=O) groups excluding carboxylic acids is 8. The van der Waals surface area contributed by atoms with Crippen LogP contribution in [0.15, 0.2) is 0 Å². The van der Waals surface area contributed by atoms with Crippen LogP contribution in [0.4, 0.5) is 0 Å². The molecular weight excluding hydrogens is 846 g/mol. The molecule has 1 heterocycles. The van der Waals surface area contributed by atoms with Gasteiger partial charge in [-0.1, -0.05) is 60.8 Å². The highest BCUT2D eigenvalue weighted by atomic mass is 16.4. The van der Waals surface area contributed by atoms with Crippen molar-refractivity contribution in [3.63, 3.8) is 0 Å². The zero-order chi connectivity index (χ0) is 49.0. The van der Waals surface area contributed by atoms with Crippen molar-refractivity contribution in [1.29, 1.82) is 0 Å². The van der Waals surface area contributed by atoms with E-state index in [0.717, 1.165) is 4.90 Å². The van der Waals surface area contributed by atoms with Gasteiger partial charge in [0.15, 0.2) is 0 Å². The predicted molar refractivity (Wildman–Crippen MR) is 225 cm³/mol. The van der Waals surface area contributed by atoms with E-state index in [1.807, 2.05) is 0 Å². The molecule has 24 heteroatoms. The molecule has 0 aromatic heterocycles. The van der Waals surface area contributed by atoms with Gasteiger partial charge in [0.2, 0.25) is 47.3 Å². The number of hydrogen-bond donors (Lipinski definition) is 12. The molecule has 0 unspecified atom stereocenters. The number of primary amides is 1. The number of carbonyl (C=O) groups is 11. The van der Waals surface area contributed by atoms with E-state index < -0.39 is 164 Å². The summed E-state index contributed by atoms with van der Waals surface area (Å²) in [5, 5.41) is 52.6. The molecule has 0 bridgehead atoms. The fourth-order valence-corrected chi connectivity index (χ4v) is 6.69. The lowest BCUT2D eigenvalue weighted by Gasteiger charge is -2.31. The number of aliphatic carboxylic acids is 3. The zero-order valence-corrected chi connectivity index (χ0v) is 37.2.